The van der Waals surface area contributed by atoms with Gasteiger partial charge in [0.15, 0.2) is 11.2 Å². The van der Waals surface area contributed by atoms with Gasteiger partial charge in [-0.25, -0.2) is 0 Å². The van der Waals surface area contributed by atoms with E-state index < -0.39 is 61.2 Å². The number of aliphatic hydroxyl groups is 2. The molecule has 6 saturated carbocycles. The maximum Gasteiger partial charge on any atom is 0.417 e. The van der Waals surface area contributed by atoms with Crippen LogP contribution in [-0.2, 0) is 18.9 Å². The number of alkyl halides is 6. The van der Waals surface area contributed by atoms with Gasteiger partial charge in [-0.05, 0) is 117 Å². The van der Waals surface area contributed by atoms with Crippen LogP contribution in [0.2, 0.25) is 0 Å². The number of hydrogen-bond acceptors (Lipinski definition) is 6. The van der Waals surface area contributed by atoms with Crippen LogP contribution in [0.4, 0.5) is 26.3 Å². The molecule has 2 N–H and O–H groups in total. The van der Waals surface area contributed by atoms with Crippen LogP contribution in [-0.4, -0.2) is 73.3 Å². The van der Waals surface area contributed by atoms with Crippen molar-refractivity contribution < 1.29 is 55.5 Å². The van der Waals surface area contributed by atoms with Gasteiger partial charge in [-0.3, -0.25) is 0 Å². The number of ether oxygens (including phenoxy) is 4. The fourth-order valence-corrected chi connectivity index (χ4v) is 11.8. The number of halogens is 6. The summed E-state index contributed by atoms with van der Waals surface area (Å²) in [7, 11) is 1.31. The molecule has 18 unspecified atom stereocenters. The minimum Gasteiger partial charge on any atom is -0.392 e. The second kappa shape index (κ2) is 13.1. The molecule has 0 heterocycles. The van der Waals surface area contributed by atoms with Crippen molar-refractivity contribution in [1.82, 2.24) is 0 Å². The first-order valence-corrected chi connectivity index (χ1v) is 17.6. The molecule has 12 heteroatoms. The van der Waals surface area contributed by atoms with Gasteiger partial charge in [0.2, 0.25) is 0 Å². The fraction of sp³-hybridized carbons (Fsp3) is 1.00. The molecule has 4 bridgehead atoms. The molecule has 6 aliphatic rings. The van der Waals surface area contributed by atoms with Crippen molar-refractivity contribution in [2.45, 2.75) is 110 Å². The molecule has 0 radical (unpaired) electrons. The van der Waals surface area contributed by atoms with E-state index in [1.165, 1.54) is 7.11 Å². The van der Waals surface area contributed by atoms with Crippen LogP contribution in [0.25, 0.3) is 0 Å². The SMILES string of the molecule is CCOCOC(C)(C1CC2C3CC(C(C)C3C)C2C1O)C(F)(F)F.COCOC(C)(C1CC2C3CC(C(C)C3C)C2C1O)C(F)(F)F. The third kappa shape index (κ3) is 5.88. The molecule has 6 fully saturated rings. The van der Waals surface area contributed by atoms with Gasteiger partial charge < -0.3 is 29.2 Å². The van der Waals surface area contributed by atoms with Crippen molar-refractivity contribution >= 4 is 0 Å². The van der Waals surface area contributed by atoms with E-state index in [1.807, 2.05) is 0 Å². The zero-order chi connectivity index (χ0) is 35.0. The molecule has 0 aromatic rings. The highest BCUT2D eigenvalue weighted by Crippen LogP contribution is 2.67. The Morgan fingerprint density at radius 3 is 1.28 bits per heavy atom. The summed E-state index contributed by atoms with van der Waals surface area (Å²) < 4.78 is 103. The van der Waals surface area contributed by atoms with Crippen molar-refractivity contribution in [3.8, 4) is 0 Å². The lowest BCUT2D eigenvalue weighted by Gasteiger charge is -2.40. The van der Waals surface area contributed by atoms with E-state index in [9.17, 15) is 36.6 Å². The summed E-state index contributed by atoms with van der Waals surface area (Å²) in [5, 5.41) is 21.6. The molecule has 0 spiro atoms. The molecule has 6 nitrogen and oxygen atoms in total. The Hall–Kier alpha value is -0.660. The summed E-state index contributed by atoms with van der Waals surface area (Å²) in [5.41, 5.74) is -4.73. The molecule has 0 aromatic heterocycles. The summed E-state index contributed by atoms with van der Waals surface area (Å²) in [5.74, 6) is 2.12. The van der Waals surface area contributed by atoms with Gasteiger partial charge >= 0.3 is 12.4 Å². The zero-order valence-electron chi connectivity index (χ0n) is 29.0. The number of fused-ring (bicyclic) bond motifs is 10. The van der Waals surface area contributed by atoms with Crippen molar-refractivity contribution in [1.29, 1.82) is 0 Å². The molecule has 0 aliphatic heterocycles. The quantitative estimate of drug-likeness (QED) is 0.151. The lowest BCUT2D eigenvalue weighted by molar-refractivity contribution is -0.316. The zero-order valence-corrected chi connectivity index (χ0v) is 29.0. The number of aliphatic hydroxyl groups excluding tert-OH is 2. The molecule has 274 valence electrons. The average molecular weight is 687 g/mol. The summed E-state index contributed by atoms with van der Waals surface area (Å²) in [4.78, 5) is 0. The Kier molecular flexibility index (Phi) is 10.5. The standard InChI is InChI=1S/C18H29F3O3.C17H27F3O3/c1-5-23-8-24-17(4,18(19,20)21)14-7-13-11-6-12(10(3)9(11)2)15(13)16(14)22;1-8-9(2)11-5-10(8)12-6-13(15(21)14(11)12)16(3,17(18,19)20)23-7-22-4/h9-16,22H,5-8H2,1-4H3;8-15,21H,5-7H2,1-4H3. The maximum absolute atomic E-state index is 13.8. The van der Waals surface area contributed by atoms with Crippen LogP contribution in [0.5, 0.6) is 0 Å². The van der Waals surface area contributed by atoms with E-state index in [1.54, 1.807) is 6.92 Å². The average Bonchev–Trinajstić information content (AvgIpc) is 3.81. The lowest BCUT2D eigenvalue weighted by Crippen LogP contribution is -2.54. The van der Waals surface area contributed by atoms with Gasteiger partial charge in [0.25, 0.3) is 0 Å². The van der Waals surface area contributed by atoms with Gasteiger partial charge in [0.05, 0.1) is 12.2 Å². The maximum atomic E-state index is 13.8. The molecule has 0 amide bonds. The number of methoxy groups -OCH3 is 1. The Morgan fingerprint density at radius 2 is 0.936 bits per heavy atom. The lowest BCUT2D eigenvalue weighted by atomic mass is 9.70. The molecule has 0 saturated heterocycles. The van der Waals surface area contributed by atoms with E-state index in [4.69, 9.17) is 18.9 Å². The van der Waals surface area contributed by atoms with Crippen molar-refractivity contribution in [2.75, 3.05) is 27.3 Å². The van der Waals surface area contributed by atoms with E-state index in [0.717, 1.165) is 26.7 Å². The normalized spacial score (nSPS) is 47.7. The third-order valence-corrected chi connectivity index (χ3v) is 14.9. The molecular weight excluding hydrogens is 630 g/mol. The Labute approximate surface area is 275 Å². The molecule has 47 heavy (non-hydrogen) atoms. The highest BCUT2D eigenvalue weighted by atomic mass is 19.4. The Bertz CT molecular complexity index is 1090. The van der Waals surface area contributed by atoms with Gasteiger partial charge in [0.1, 0.15) is 13.6 Å². The van der Waals surface area contributed by atoms with Crippen LogP contribution >= 0.6 is 0 Å². The largest absolute Gasteiger partial charge is 0.417 e. The highest BCUT2D eigenvalue weighted by molar-refractivity contribution is 5.14. The summed E-state index contributed by atoms with van der Waals surface area (Å²) in [6.45, 7) is 12.1. The minimum absolute atomic E-state index is 0.0102. The van der Waals surface area contributed by atoms with Gasteiger partial charge in [-0.15, -0.1) is 0 Å². The van der Waals surface area contributed by atoms with Crippen LogP contribution in [0.3, 0.4) is 0 Å². The van der Waals surface area contributed by atoms with E-state index in [-0.39, 0.29) is 23.7 Å². The molecule has 0 aromatic carbocycles. The topological polar surface area (TPSA) is 77.4 Å². The number of rotatable bonds is 9. The molecular formula is C35H56F6O6. The van der Waals surface area contributed by atoms with Crippen LogP contribution in [0.15, 0.2) is 0 Å². The van der Waals surface area contributed by atoms with Crippen molar-refractivity contribution in [2.24, 2.45) is 82.9 Å². The van der Waals surface area contributed by atoms with Crippen molar-refractivity contribution in [3.63, 3.8) is 0 Å². The first kappa shape index (κ1) is 37.6. The van der Waals surface area contributed by atoms with Gasteiger partial charge in [0, 0.05) is 25.6 Å². The summed E-state index contributed by atoms with van der Waals surface area (Å²) in [6, 6.07) is 0. The van der Waals surface area contributed by atoms with E-state index in [2.05, 4.69) is 27.7 Å². The first-order chi connectivity index (χ1) is 21.8. The van der Waals surface area contributed by atoms with Crippen LogP contribution < -0.4 is 0 Å². The number of hydrogen-bond donors (Lipinski definition) is 2. The van der Waals surface area contributed by atoms with Crippen molar-refractivity contribution in [3.05, 3.63) is 0 Å². The summed E-state index contributed by atoms with van der Waals surface area (Å²) in [6.07, 6.45) is -8.07. The van der Waals surface area contributed by atoms with E-state index in [0.29, 0.717) is 66.8 Å². The third-order valence-electron chi connectivity index (χ3n) is 14.9. The predicted octanol–water partition coefficient (Wildman–Crippen LogP) is 7.32. The van der Waals surface area contributed by atoms with Gasteiger partial charge in [-0.2, -0.15) is 26.3 Å². The fourth-order valence-electron chi connectivity index (χ4n) is 11.8. The summed E-state index contributed by atoms with van der Waals surface area (Å²) >= 11 is 0. The molecule has 18 atom stereocenters. The highest BCUT2D eigenvalue weighted by Gasteiger charge is 2.70. The Balaban J connectivity index is 0.000000185. The monoisotopic (exact) mass is 686 g/mol. The Morgan fingerprint density at radius 1 is 0.574 bits per heavy atom. The second-order valence-corrected chi connectivity index (χ2v) is 16.2. The second-order valence-electron chi connectivity index (χ2n) is 16.2. The molecule has 6 aliphatic carbocycles. The van der Waals surface area contributed by atoms with Gasteiger partial charge in [-0.1, -0.05) is 27.7 Å². The predicted molar refractivity (Wildman–Crippen MR) is 161 cm³/mol. The van der Waals surface area contributed by atoms with Crippen LogP contribution in [0, 0.1) is 82.9 Å². The molecule has 6 rings (SSSR count). The van der Waals surface area contributed by atoms with Crippen LogP contribution in [0.1, 0.15) is 74.1 Å². The van der Waals surface area contributed by atoms with E-state index >= 15 is 0 Å². The first-order valence-electron chi connectivity index (χ1n) is 17.6. The minimum atomic E-state index is -4.54. The smallest absolute Gasteiger partial charge is 0.392 e.